The van der Waals surface area contributed by atoms with Crippen molar-refractivity contribution in [2.75, 3.05) is 0 Å². The van der Waals surface area contributed by atoms with Gasteiger partial charge in [-0.1, -0.05) is 13.8 Å². The zero-order chi connectivity index (χ0) is 11.3. The summed E-state index contributed by atoms with van der Waals surface area (Å²) in [6.45, 7) is 8.38. The van der Waals surface area contributed by atoms with E-state index in [4.69, 9.17) is 9.47 Å². The van der Waals surface area contributed by atoms with Gasteiger partial charge < -0.3 is 9.47 Å². The van der Waals surface area contributed by atoms with Crippen molar-refractivity contribution in [3.8, 4) is 11.5 Å². The Labute approximate surface area is 96.2 Å². The standard InChI is InChI=1S/C12H20O2S/c1-5-9(3)13-11-7-15-8-12(11)14-10(4)6-2/h7-10H,5-6H2,1-4H3. The summed E-state index contributed by atoms with van der Waals surface area (Å²) in [6, 6.07) is 0. The van der Waals surface area contributed by atoms with Crippen LogP contribution in [-0.4, -0.2) is 12.2 Å². The van der Waals surface area contributed by atoms with Gasteiger partial charge in [0.05, 0.1) is 12.2 Å². The monoisotopic (exact) mass is 228 g/mol. The first-order valence-electron chi connectivity index (χ1n) is 5.56. The maximum absolute atomic E-state index is 5.77. The Kier molecular flexibility index (Phi) is 4.95. The molecule has 0 amide bonds. The third kappa shape index (κ3) is 3.74. The van der Waals surface area contributed by atoms with Crippen LogP contribution in [0.3, 0.4) is 0 Å². The van der Waals surface area contributed by atoms with Crippen LogP contribution in [0.15, 0.2) is 10.8 Å². The van der Waals surface area contributed by atoms with Crippen molar-refractivity contribution in [1.82, 2.24) is 0 Å². The second-order valence-corrected chi connectivity index (χ2v) is 4.52. The van der Waals surface area contributed by atoms with Crippen LogP contribution in [0, 0.1) is 0 Å². The fourth-order valence-corrected chi connectivity index (χ4v) is 1.70. The highest BCUT2D eigenvalue weighted by molar-refractivity contribution is 7.08. The Morgan fingerprint density at radius 3 is 1.73 bits per heavy atom. The van der Waals surface area contributed by atoms with Gasteiger partial charge in [-0.15, -0.1) is 11.3 Å². The minimum Gasteiger partial charge on any atom is -0.486 e. The summed E-state index contributed by atoms with van der Waals surface area (Å²) < 4.78 is 11.5. The van der Waals surface area contributed by atoms with Crippen molar-refractivity contribution in [2.24, 2.45) is 0 Å². The summed E-state index contributed by atoms with van der Waals surface area (Å²) in [6.07, 6.45) is 2.52. The lowest BCUT2D eigenvalue weighted by Gasteiger charge is -2.16. The normalized spacial score (nSPS) is 14.7. The summed E-state index contributed by atoms with van der Waals surface area (Å²) in [5, 5.41) is 4.01. The zero-order valence-corrected chi connectivity index (χ0v) is 10.8. The van der Waals surface area contributed by atoms with E-state index in [1.807, 2.05) is 10.8 Å². The van der Waals surface area contributed by atoms with Gasteiger partial charge in [0, 0.05) is 10.8 Å². The van der Waals surface area contributed by atoms with Crippen LogP contribution in [0.1, 0.15) is 40.5 Å². The second kappa shape index (κ2) is 6.01. The topological polar surface area (TPSA) is 18.5 Å². The number of thiophene rings is 1. The van der Waals surface area contributed by atoms with E-state index in [2.05, 4.69) is 27.7 Å². The Balaban J connectivity index is 2.60. The average Bonchev–Trinajstić information content (AvgIpc) is 2.65. The van der Waals surface area contributed by atoms with E-state index in [-0.39, 0.29) is 12.2 Å². The molecule has 0 aliphatic rings. The number of rotatable bonds is 6. The zero-order valence-electron chi connectivity index (χ0n) is 9.95. The van der Waals surface area contributed by atoms with E-state index in [1.165, 1.54) is 0 Å². The van der Waals surface area contributed by atoms with E-state index >= 15 is 0 Å². The van der Waals surface area contributed by atoms with Crippen molar-refractivity contribution < 1.29 is 9.47 Å². The molecule has 1 heterocycles. The van der Waals surface area contributed by atoms with E-state index in [9.17, 15) is 0 Å². The Bertz CT molecular complexity index is 256. The maximum atomic E-state index is 5.77. The van der Waals surface area contributed by atoms with Crippen LogP contribution < -0.4 is 9.47 Å². The van der Waals surface area contributed by atoms with Crippen molar-refractivity contribution >= 4 is 11.3 Å². The fraction of sp³-hybridized carbons (Fsp3) is 0.667. The molecule has 2 nitrogen and oxygen atoms in total. The lowest BCUT2D eigenvalue weighted by Crippen LogP contribution is -2.13. The van der Waals surface area contributed by atoms with E-state index < -0.39 is 0 Å². The second-order valence-electron chi connectivity index (χ2n) is 3.77. The molecule has 0 bridgehead atoms. The predicted octanol–water partition coefficient (Wildman–Crippen LogP) is 4.10. The quantitative estimate of drug-likeness (QED) is 0.729. The molecule has 0 N–H and O–H groups in total. The highest BCUT2D eigenvalue weighted by atomic mass is 32.1. The lowest BCUT2D eigenvalue weighted by atomic mass is 10.3. The maximum Gasteiger partial charge on any atom is 0.172 e. The third-order valence-electron chi connectivity index (χ3n) is 2.40. The lowest BCUT2D eigenvalue weighted by molar-refractivity contribution is 0.178. The van der Waals surface area contributed by atoms with Crippen LogP contribution in [0.2, 0.25) is 0 Å². The molecule has 0 radical (unpaired) electrons. The third-order valence-corrected chi connectivity index (χ3v) is 3.10. The summed E-state index contributed by atoms with van der Waals surface area (Å²) >= 11 is 1.62. The summed E-state index contributed by atoms with van der Waals surface area (Å²) in [5.41, 5.74) is 0. The molecule has 3 heteroatoms. The first-order chi connectivity index (χ1) is 7.17. The SMILES string of the molecule is CCC(C)Oc1cscc1OC(C)CC. The van der Waals surface area contributed by atoms with Crippen molar-refractivity contribution in [3.63, 3.8) is 0 Å². The van der Waals surface area contributed by atoms with Crippen LogP contribution in [-0.2, 0) is 0 Å². The van der Waals surface area contributed by atoms with Gasteiger partial charge in [-0.2, -0.15) is 0 Å². The molecule has 0 fully saturated rings. The van der Waals surface area contributed by atoms with Crippen LogP contribution in [0.25, 0.3) is 0 Å². The smallest absolute Gasteiger partial charge is 0.172 e. The van der Waals surface area contributed by atoms with Crippen molar-refractivity contribution in [1.29, 1.82) is 0 Å². The van der Waals surface area contributed by atoms with Crippen LogP contribution in [0.4, 0.5) is 0 Å². The Hall–Kier alpha value is -0.700. The van der Waals surface area contributed by atoms with Gasteiger partial charge in [0.2, 0.25) is 0 Å². The minimum absolute atomic E-state index is 0.249. The summed E-state index contributed by atoms with van der Waals surface area (Å²) in [7, 11) is 0. The Morgan fingerprint density at radius 1 is 1.00 bits per heavy atom. The summed E-state index contributed by atoms with van der Waals surface area (Å²) in [4.78, 5) is 0. The van der Waals surface area contributed by atoms with Gasteiger partial charge in [0.15, 0.2) is 11.5 Å². The molecule has 15 heavy (non-hydrogen) atoms. The summed E-state index contributed by atoms with van der Waals surface area (Å²) in [5.74, 6) is 1.77. The molecule has 2 atom stereocenters. The first-order valence-corrected chi connectivity index (χ1v) is 6.51. The fourth-order valence-electron chi connectivity index (χ4n) is 1.05. The van der Waals surface area contributed by atoms with Gasteiger partial charge in [-0.05, 0) is 26.7 Å². The number of hydrogen-bond donors (Lipinski definition) is 0. The molecule has 86 valence electrons. The van der Waals surface area contributed by atoms with Crippen LogP contribution in [0.5, 0.6) is 11.5 Å². The first kappa shape index (κ1) is 12.4. The highest BCUT2D eigenvalue weighted by Gasteiger charge is 2.11. The molecule has 0 saturated heterocycles. The molecule has 1 aromatic rings. The van der Waals surface area contributed by atoms with Gasteiger partial charge in [-0.25, -0.2) is 0 Å². The van der Waals surface area contributed by atoms with E-state index in [1.54, 1.807) is 11.3 Å². The minimum atomic E-state index is 0.249. The number of ether oxygens (including phenoxy) is 2. The van der Waals surface area contributed by atoms with Crippen molar-refractivity contribution in [3.05, 3.63) is 10.8 Å². The van der Waals surface area contributed by atoms with E-state index in [0.717, 1.165) is 24.3 Å². The molecule has 2 unspecified atom stereocenters. The highest BCUT2D eigenvalue weighted by Crippen LogP contribution is 2.33. The predicted molar refractivity (Wildman–Crippen MR) is 65.1 cm³/mol. The molecule has 1 rings (SSSR count). The molecule has 0 spiro atoms. The van der Waals surface area contributed by atoms with Crippen molar-refractivity contribution in [2.45, 2.75) is 52.7 Å². The van der Waals surface area contributed by atoms with Gasteiger partial charge >= 0.3 is 0 Å². The molecule has 0 aromatic carbocycles. The number of hydrogen-bond acceptors (Lipinski definition) is 3. The molecule has 0 saturated carbocycles. The molecular formula is C12H20O2S. The average molecular weight is 228 g/mol. The van der Waals surface area contributed by atoms with Gasteiger partial charge in [0.25, 0.3) is 0 Å². The van der Waals surface area contributed by atoms with Gasteiger partial charge in [0.1, 0.15) is 0 Å². The van der Waals surface area contributed by atoms with E-state index in [0.29, 0.717) is 0 Å². The molecule has 1 aromatic heterocycles. The molecule has 0 aliphatic heterocycles. The Morgan fingerprint density at radius 2 is 1.40 bits per heavy atom. The largest absolute Gasteiger partial charge is 0.486 e. The molecule has 0 aliphatic carbocycles. The molecular weight excluding hydrogens is 208 g/mol. The van der Waals surface area contributed by atoms with Gasteiger partial charge in [-0.3, -0.25) is 0 Å². The van der Waals surface area contributed by atoms with Crippen LogP contribution >= 0.6 is 11.3 Å².